The Labute approximate surface area is 106 Å². The minimum Gasteiger partial charge on any atom is -0.388 e. The van der Waals surface area contributed by atoms with Crippen LogP contribution in [0, 0.1) is 6.92 Å². The van der Waals surface area contributed by atoms with Crippen molar-refractivity contribution in [2.45, 2.75) is 27.7 Å². The highest BCUT2D eigenvalue weighted by Gasteiger charge is 1.84. The Bertz CT molecular complexity index is 298. The number of hydrogen-bond donors (Lipinski definition) is 2. The maximum atomic E-state index is 9.98. The normalized spacial score (nSPS) is 8.12. The smallest absolute Gasteiger partial charge is 0.143 e. The van der Waals surface area contributed by atoms with Crippen molar-refractivity contribution in [1.82, 2.24) is 5.32 Å². The van der Waals surface area contributed by atoms with Gasteiger partial charge in [-0.3, -0.25) is 4.79 Å². The Balaban J connectivity index is 0. The van der Waals surface area contributed by atoms with Crippen molar-refractivity contribution >= 4 is 11.5 Å². The molecule has 0 atom stereocenters. The Kier molecular flexibility index (Phi) is 13.5. The molecule has 3 heteroatoms. The molecule has 1 aromatic rings. The summed E-state index contributed by atoms with van der Waals surface area (Å²) in [6, 6.07) is 8.29. The zero-order valence-electron chi connectivity index (χ0n) is 11.9. The predicted molar refractivity (Wildman–Crippen MR) is 76.7 cm³/mol. The largest absolute Gasteiger partial charge is 0.388 e. The maximum Gasteiger partial charge on any atom is 0.143 e. The highest BCUT2D eigenvalue weighted by Crippen LogP contribution is 2.07. The fourth-order valence-corrected chi connectivity index (χ4v) is 1.05. The Morgan fingerprint density at radius 1 is 1.24 bits per heavy atom. The van der Waals surface area contributed by atoms with Crippen molar-refractivity contribution in [2.75, 3.05) is 26.0 Å². The monoisotopic (exact) mass is 238 g/mol. The first-order valence-corrected chi connectivity index (χ1v) is 5.98. The van der Waals surface area contributed by atoms with Crippen LogP contribution in [0.3, 0.4) is 0 Å². The van der Waals surface area contributed by atoms with Gasteiger partial charge in [-0.15, -0.1) is 0 Å². The van der Waals surface area contributed by atoms with E-state index in [1.165, 1.54) is 11.3 Å². The lowest BCUT2D eigenvalue weighted by atomic mass is 10.2. The van der Waals surface area contributed by atoms with Gasteiger partial charge < -0.3 is 10.6 Å². The van der Waals surface area contributed by atoms with E-state index in [1.807, 2.05) is 33.0 Å². The third-order valence-corrected chi connectivity index (χ3v) is 1.73. The second-order valence-corrected chi connectivity index (χ2v) is 3.35. The topological polar surface area (TPSA) is 41.1 Å². The lowest BCUT2D eigenvalue weighted by Gasteiger charge is -1.98. The molecule has 0 amide bonds. The summed E-state index contributed by atoms with van der Waals surface area (Å²) in [6.07, 6.45) is 0. The summed E-state index contributed by atoms with van der Waals surface area (Å²) in [5.41, 5.74) is 2.47. The molecule has 3 nitrogen and oxygen atoms in total. The molecular weight excluding hydrogens is 212 g/mol. The van der Waals surface area contributed by atoms with Crippen LogP contribution in [0.5, 0.6) is 0 Å². The first-order chi connectivity index (χ1) is 8.10. The van der Waals surface area contributed by atoms with E-state index in [1.54, 1.807) is 14.0 Å². The lowest BCUT2D eigenvalue weighted by molar-refractivity contribution is -0.116. The maximum absolute atomic E-state index is 9.98. The van der Waals surface area contributed by atoms with E-state index in [0.29, 0.717) is 6.54 Å². The van der Waals surface area contributed by atoms with Gasteiger partial charge in [-0.2, -0.15) is 0 Å². The molecule has 0 saturated carbocycles. The SMILES string of the molecule is CC.CNCC(C)=O.CNc1cccc(C)c1. The molecule has 0 aromatic heterocycles. The van der Waals surface area contributed by atoms with E-state index in [9.17, 15) is 4.79 Å². The number of hydrogen-bond acceptors (Lipinski definition) is 3. The van der Waals surface area contributed by atoms with Gasteiger partial charge in [0.25, 0.3) is 0 Å². The molecule has 0 fully saturated rings. The van der Waals surface area contributed by atoms with Crippen molar-refractivity contribution in [2.24, 2.45) is 0 Å². The number of aryl methyl sites for hydroxylation is 1. The van der Waals surface area contributed by atoms with Gasteiger partial charge in [0.15, 0.2) is 0 Å². The van der Waals surface area contributed by atoms with Crippen LogP contribution in [0.4, 0.5) is 5.69 Å². The van der Waals surface area contributed by atoms with Crippen LogP contribution < -0.4 is 10.6 Å². The average Bonchev–Trinajstić information content (AvgIpc) is 2.32. The van der Waals surface area contributed by atoms with Gasteiger partial charge in [-0.05, 0) is 38.6 Å². The Hall–Kier alpha value is -1.35. The van der Waals surface area contributed by atoms with Crippen molar-refractivity contribution < 1.29 is 4.79 Å². The van der Waals surface area contributed by atoms with Gasteiger partial charge in [0.2, 0.25) is 0 Å². The second kappa shape index (κ2) is 12.7. The quantitative estimate of drug-likeness (QED) is 0.850. The number of rotatable bonds is 3. The first kappa shape index (κ1) is 18.0. The van der Waals surface area contributed by atoms with Crippen LogP contribution >= 0.6 is 0 Å². The molecule has 0 radical (unpaired) electrons. The first-order valence-electron chi connectivity index (χ1n) is 5.98. The summed E-state index contributed by atoms with van der Waals surface area (Å²) in [5.74, 6) is 0.178. The predicted octanol–water partition coefficient (Wildman–Crippen LogP) is 2.86. The molecule has 98 valence electrons. The summed E-state index contributed by atoms with van der Waals surface area (Å²) >= 11 is 0. The number of likely N-dealkylation sites (N-methyl/N-ethyl adjacent to an activating group) is 1. The molecule has 0 spiro atoms. The van der Waals surface area contributed by atoms with Crippen LogP contribution in [0.2, 0.25) is 0 Å². The summed E-state index contributed by atoms with van der Waals surface area (Å²) in [4.78, 5) is 9.98. The van der Waals surface area contributed by atoms with Gasteiger partial charge in [-0.1, -0.05) is 26.0 Å². The van der Waals surface area contributed by atoms with Crippen molar-refractivity contribution in [1.29, 1.82) is 0 Å². The van der Waals surface area contributed by atoms with Gasteiger partial charge in [0.05, 0.1) is 6.54 Å². The van der Waals surface area contributed by atoms with E-state index in [2.05, 4.69) is 29.7 Å². The molecule has 0 heterocycles. The molecule has 1 rings (SSSR count). The Morgan fingerprint density at radius 3 is 2.06 bits per heavy atom. The highest BCUT2D eigenvalue weighted by atomic mass is 16.1. The number of nitrogens with one attached hydrogen (secondary N) is 2. The van der Waals surface area contributed by atoms with Crippen LogP contribution in [0.1, 0.15) is 26.3 Å². The van der Waals surface area contributed by atoms with Crippen molar-refractivity contribution in [3.05, 3.63) is 29.8 Å². The van der Waals surface area contributed by atoms with Gasteiger partial charge in [0.1, 0.15) is 5.78 Å². The van der Waals surface area contributed by atoms with E-state index >= 15 is 0 Å². The van der Waals surface area contributed by atoms with Crippen LogP contribution in [-0.4, -0.2) is 26.4 Å². The van der Waals surface area contributed by atoms with E-state index < -0.39 is 0 Å². The fraction of sp³-hybridized carbons (Fsp3) is 0.500. The van der Waals surface area contributed by atoms with Crippen LogP contribution in [-0.2, 0) is 4.79 Å². The molecule has 0 aliphatic rings. The highest BCUT2D eigenvalue weighted by molar-refractivity contribution is 5.77. The number of carbonyl (C=O) groups excluding carboxylic acids is 1. The summed E-state index contributed by atoms with van der Waals surface area (Å²) in [6.45, 7) is 8.12. The third kappa shape index (κ3) is 12.6. The lowest BCUT2D eigenvalue weighted by Crippen LogP contribution is -2.14. The standard InChI is InChI=1S/C8H11N.C4H9NO.C2H6/c1-7-4-3-5-8(6-7)9-2;1-4(6)3-5-2;1-2/h3-6,9H,1-2H3;5H,3H2,1-2H3;1-2H3. The van der Waals surface area contributed by atoms with Gasteiger partial charge in [0, 0.05) is 12.7 Å². The zero-order valence-corrected chi connectivity index (χ0v) is 11.9. The minimum absolute atomic E-state index is 0.178. The number of anilines is 1. The molecule has 2 N–H and O–H groups in total. The average molecular weight is 238 g/mol. The van der Waals surface area contributed by atoms with E-state index in [0.717, 1.165) is 0 Å². The zero-order chi connectivity index (χ0) is 13.7. The summed E-state index contributed by atoms with van der Waals surface area (Å²) in [7, 11) is 3.68. The number of carbonyl (C=O) groups is 1. The van der Waals surface area contributed by atoms with Crippen LogP contribution in [0.25, 0.3) is 0 Å². The summed E-state index contributed by atoms with van der Waals surface area (Å²) in [5, 5.41) is 5.79. The second-order valence-electron chi connectivity index (χ2n) is 3.35. The van der Waals surface area contributed by atoms with Crippen LogP contribution in [0.15, 0.2) is 24.3 Å². The van der Waals surface area contributed by atoms with E-state index in [4.69, 9.17) is 0 Å². The van der Waals surface area contributed by atoms with Gasteiger partial charge >= 0.3 is 0 Å². The molecular formula is C14H26N2O. The molecule has 0 bridgehead atoms. The summed E-state index contributed by atoms with van der Waals surface area (Å²) < 4.78 is 0. The molecule has 17 heavy (non-hydrogen) atoms. The molecule has 0 unspecified atom stereocenters. The minimum atomic E-state index is 0.178. The number of Topliss-reactive ketones (excluding diaryl/α,β-unsaturated/α-hetero) is 1. The third-order valence-electron chi connectivity index (χ3n) is 1.73. The van der Waals surface area contributed by atoms with Crippen molar-refractivity contribution in [3.8, 4) is 0 Å². The Morgan fingerprint density at radius 2 is 1.82 bits per heavy atom. The number of ketones is 1. The number of benzene rings is 1. The van der Waals surface area contributed by atoms with Crippen molar-refractivity contribution in [3.63, 3.8) is 0 Å². The van der Waals surface area contributed by atoms with E-state index in [-0.39, 0.29) is 5.78 Å². The molecule has 0 aliphatic carbocycles. The fourth-order valence-electron chi connectivity index (χ4n) is 1.05. The molecule has 1 aromatic carbocycles. The molecule has 0 aliphatic heterocycles. The van der Waals surface area contributed by atoms with Gasteiger partial charge in [-0.25, -0.2) is 0 Å². The molecule has 0 saturated heterocycles.